The van der Waals surface area contributed by atoms with E-state index in [1.54, 1.807) is 47.2 Å². The molecule has 33 heavy (non-hydrogen) atoms. The van der Waals surface area contributed by atoms with Crippen LogP contribution in [0.3, 0.4) is 0 Å². The Kier molecular flexibility index (Phi) is 5.31. The zero-order chi connectivity index (χ0) is 22.8. The lowest BCUT2D eigenvalue weighted by atomic mass is 10.1. The molecule has 13 heteroatoms. The van der Waals surface area contributed by atoms with Crippen molar-refractivity contribution in [3.05, 3.63) is 53.5 Å². The molecule has 2 aliphatic rings. The van der Waals surface area contributed by atoms with Crippen molar-refractivity contribution in [2.75, 3.05) is 31.1 Å². The Morgan fingerprint density at radius 2 is 2.06 bits per heavy atom. The van der Waals surface area contributed by atoms with Crippen LogP contribution in [-0.4, -0.2) is 83.5 Å². The molecule has 1 fully saturated rings. The molecule has 0 saturated carbocycles. The molecule has 2 aliphatic heterocycles. The van der Waals surface area contributed by atoms with Gasteiger partial charge in [-0.3, -0.25) is 4.98 Å². The lowest BCUT2D eigenvalue weighted by Gasteiger charge is -2.37. The molecule has 0 bridgehead atoms. The van der Waals surface area contributed by atoms with Gasteiger partial charge in [0.2, 0.25) is 11.6 Å². The molecular weight excluding hydrogens is 424 g/mol. The molecule has 1 saturated heterocycles. The fourth-order valence-corrected chi connectivity index (χ4v) is 3.86. The molecular formula is C20H20N12O. The van der Waals surface area contributed by atoms with Gasteiger partial charge in [-0.1, -0.05) is 0 Å². The molecule has 0 N–H and O–H groups in total. The number of aromatic nitrogens is 7. The summed E-state index contributed by atoms with van der Waals surface area (Å²) in [6, 6.07) is 3.08. The topological polar surface area (TPSA) is 126 Å². The highest BCUT2D eigenvalue weighted by atomic mass is 16.2. The number of anilines is 1. The summed E-state index contributed by atoms with van der Waals surface area (Å²) >= 11 is 0. The number of nitrogens with zero attached hydrogens (tertiary/aromatic N) is 12. The third kappa shape index (κ3) is 3.93. The van der Waals surface area contributed by atoms with Crippen molar-refractivity contribution >= 4 is 23.9 Å². The minimum atomic E-state index is -0.260. The first-order valence-corrected chi connectivity index (χ1v) is 10.4. The van der Waals surface area contributed by atoms with Gasteiger partial charge < -0.3 is 9.80 Å². The first-order valence-electron chi connectivity index (χ1n) is 10.4. The number of carbonyl (C=O) groups is 1. The quantitative estimate of drug-likeness (QED) is 0.555. The molecule has 0 unspecified atom stereocenters. The van der Waals surface area contributed by atoms with E-state index in [0.717, 1.165) is 5.56 Å². The fourth-order valence-electron chi connectivity index (χ4n) is 3.86. The van der Waals surface area contributed by atoms with E-state index in [4.69, 9.17) is 6.57 Å². The van der Waals surface area contributed by atoms with Crippen LogP contribution in [0.25, 0.3) is 10.7 Å². The number of rotatable bonds is 3. The number of hydrazone groups is 1. The van der Waals surface area contributed by atoms with Crippen LogP contribution in [0.15, 0.2) is 35.8 Å². The largest absolute Gasteiger partial charge is 0.341 e. The number of tetrazole rings is 1. The SMILES string of the molecule is [C-]#[N+]c1cncc([C@@H]2CC=NN2C(=O)N2CCN(c3nccc(-n4nnnc4C)n3)CC2)c1. The lowest BCUT2D eigenvalue weighted by molar-refractivity contribution is 0.139. The van der Waals surface area contributed by atoms with Crippen molar-refractivity contribution < 1.29 is 4.79 Å². The molecule has 0 spiro atoms. The predicted octanol–water partition coefficient (Wildman–Crippen LogP) is 1.38. The standard InChI is InChI=1S/C20H20N12O/c1-14-26-27-28-31(14)18-4-5-23-19(25-18)29-7-9-30(10-8-29)20(33)32-17(3-6-24-32)15-11-16(21-2)13-22-12-15/h4-6,11-13,17H,3,7-10H2,1H3/t17-/m0/s1. The summed E-state index contributed by atoms with van der Waals surface area (Å²) in [7, 11) is 0. The van der Waals surface area contributed by atoms with Gasteiger partial charge in [-0.15, -0.1) is 5.10 Å². The Balaban J connectivity index is 1.26. The van der Waals surface area contributed by atoms with Crippen LogP contribution in [0.4, 0.5) is 16.4 Å². The number of amides is 2. The van der Waals surface area contributed by atoms with Crippen LogP contribution in [0.5, 0.6) is 0 Å². The predicted molar refractivity (Wildman–Crippen MR) is 117 cm³/mol. The third-order valence-electron chi connectivity index (χ3n) is 5.59. The summed E-state index contributed by atoms with van der Waals surface area (Å²) in [6.07, 6.45) is 7.18. The highest BCUT2D eigenvalue weighted by Gasteiger charge is 2.33. The van der Waals surface area contributed by atoms with Crippen LogP contribution in [-0.2, 0) is 0 Å². The van der Waals surface area contributed by atoms with E-state index in [0.29, 0.717) is 55.9 Å². The number of aryl methyl sites for hydroxylation is 1. The van der Waals surface area contributed by atoms with Crippen molar-refractivity contribution in [1.29, 1.82) is 0 Å². The van der Waals surface area contributed by atoms with Crippen molar-refractivity contribution in [2.45, 2.75) is 19.4 Å². The molecule has 3 aromatic rings. The smallest absolute Gasteiger partial charge is 0.337 e. The maximum Gasteiger partial charge on any atom is 0.341 e. The number of piperazine rings is 1. The number of hydrogen-bond acceptors (Lipinski definition) is 9. The van der Waals surface area contributed by atoms with E-state index in [1.165, 1.54) is 11.2 Å². The molecule has 13 nitrogen and oxygen atoms in total. The lowest BCUT2D eigenvalue weighted by Crippen LogP contribution is -2.52. The summed E-state index contributed by atoms with van der Waals surface area (Å²) in [6.45, 7) is 11.2. The Morgan fingerprint density at radius 3 is 2.82 bits per heavy atom. The first-order chi connectivity index (χ1) is 16.1. The van der Waals surface area contributed by atoms with E-state index < -0.39 is 0 Å². The molecule has 5 rings (SSSR count). The monoisotopic (exact) mass is 444 g/mol. The molecule has 0 aliphatic carbocycles. The van der Waals surface area contributed by atoms with Gasteiger partial charge >= 0.3 is 6.03 Å². The fraction of sp³-hybridized carbons (Fsp3) is 0.350. The summed E-state index contributed by atoms with van der Waals surface area (Å²) in [4.78, 5) is 33.5. The van der Waals surface area contributed by atoms with Gasteiger partial charge in [-0.2, -0.15) is 14.8 Å². The average molecular weight is 444 g/mol. The van der Waals surface area contributed by atoms with Gasteiger partial charge in [-0.05, 0) is 29.0 Å². The van der Waals surface area contributed by atoms with Crippen molar-refractivity contribution in [3.63, 3.8) is 0 Å². The molecule has 3 aromatic heterocycles. The van der Waals surface area contributed by atoms with Crippen LogP contribution >= 0.6 is 0 Å². The highest BCUT2D eigenvalue weighted by Crippen LogP contribution is 2.31. The minimum Gasteiger partial charge on any atom is -0.337 e. The Labute approximate surface area is 189 Å². The summed E-state index contributed by atoms with van der Waals surface area (Å²) in [5.41, 5.74) is 1.25. The third-order valence-corrected chi connectivity index (χ3v) is 5.59. The Hall–Kier alpha value is -4.47. The molecule has 166 valence electrons. The van der Waals surface area contributed by atoms with Crippen LogP contribution < -0.4 is 4.90 Å². The van der Waals surface area contributed by atoms with Crippen molar-refractivity contribution in [1.82, 2.24) is 45.1 Å². The number of hydrogen-bond donors (Lipinski definition) is 0. The van der Waals surface area contributed by atoms with Gasteiger partial charge in [0, 0.05) is 63.5 Å². The average Bonchev–Trinajstić information content (AvgIpc) is 3.53. The van der Waals surface area contributed by atoms with E-state index in [2.05, 4.69) is 40.4 Å². The van der Waals surface area contributed by atoms with E-state index >= 15 is 0 Å². The Bertz CT molecular complexity index is 1240. The molecule has 0 aromatic carbocycles. The maximum absolute atomic E-state index is 13.2. The van der Waals surface area contributed by atoms with Crippen molar-refractivity contribution in [2.24, 2.45) is 5.10 Å². The second kappa shape index (κ2) is 8.58. The number of carbonyl (C=O) groups excluding carboxylic acids is 1. The van der Waals surface area contributed by atoms with E-state index in [9.17, 15) is 4.79 Å². The van der Waals surface area contributed by atoms with Gasteiger partial charge in [0.05, 0.1) is 12.6 Å². The van der Waals surface area contributed by atoms with Crippen LogP contribution in [0.1, 0.15) is 23.9 Å². The second-order valence-corrected chi connectivity index (χ2v) is 7.59. The number of urea groups is 1. The number of pyridine rings is 1. The Morgan fingerprint density at radius 1 is 1.21 bits per heavy atom. The second-order valence-electron chi connectivity index (χ2n) is 7.59. The zero-order valence-electron chi connectivity index (χ0n) is 17.9. The highest BCUT2D eigenvalue weighted by molar-refractivity contribution is 5.79. The van der Waals surface area contributed by atoms with E-state index in [1.807, 2.05) is 4.90 Å². The zero-order valence-corrected chi connectivity index (χ0v) is 17.9. The summed E-state index contributed by atoms with van der Waals surface area (Å²) in [5, 5.41) is 17.3. The van der Waals surface area contributed by atoms with Gasteiger partial charge in [-0.25, -0.2) is 19.6 Å². The van der Waals surface area contributed by atoms with Crippen LogP contribution in [0, 0.1) is 13.5 Å². The first kappa shape index (κ1) is 20.4. The van der Waals surface area contributed by atoms with Gasteiger partial charge in [0.25, 0.3) is 0 Å². The maximum atomic E-state index is 13.2. The van der Waals surface area contributed by atoms with Gasteiger partial charge in [0.1, 0.15) is 0 Å². The summed E-state index contributed by atoms with van der Waals surface area (Å²) < 4.78 is 1.55. The summed E-state index contributed by atoms with van der Waals surface area (Å²) in [5.74, 6) is 1.78. The normalized spacial score (nSPS) is 17.9. The van der Waals surface area contributed by atoms with Crippen LogP contribution in [0.2, 0.25) is 0 Å². The molecule has 1 atom stereocenters. The molecule has 2 amide bonds. The molecule has 5 heterocycles. The van der Waals surface area contributed by atoms with Gasteiger partial charge in [0.15, 0.2) is 11.6 Å². The van der Waals surface area contributed by atoms with Crippen molar-refractivity contribution in [3.8, 4) is 5.82 Å². The van der Waals surface area contributed by atoms with E-state index in [-0.39, 0.29) is 12.1 Å². The molecule has 0 radical (unpaired) electrons. The minimum absolute atomic E-state index is 0.166.